The maximum atomic E-state index is 13.4. The van der Waals surface area contributed by atoms with Crippen LogP contribution in [0.1, 0.15) is 56.1 Å². The Morgan fingerprint density at radius 2 is 1.87 bits per heavy atom. The molecule has 1 aromatic carbocycles. The number of carbonyl (C=O) groups is 2. The zero-order chi connectivity index (χ0) is 28.5. The summed E-state index contributed by atoms with van der Waals surface area (Å²) in [7, 11) is 1.60. The van der Waals surface area contributed by atoms with E-state index in [2.05, 4.69) is 10.6 Å². The highest BCUT2D eigenvalue weighted by Gasteiger charge is 2.31. The second kappa shape index (κ2) is 11.0. The van der Waals surface area contributed by atoms with E-state index in [4.69, 9.17) is 14.5 Å². The van der Waals surface area contributed by atoms with Crippen molar-refractivity contribution in [3.63, 3.8) is 0 Å². The number of pyridine rings is 2. The van der Waals surface area contributed by atoms with E-state index < -0.39 is 35.9 Å². The van der Waals surface area contributed by atoms with Gasteiger partial charge < -0.3 is 34.9 Å². The third-order valence-corrected chi connectivity index (χ3v) is 6.55. The fourth-order valence-electron chi connectivity index (χ4n) is 4.79. The lowest BCUT2D eigenvalue weighted by molar-refractivity contribution is -0.129. The molecular weight excluding hydrogens is 504 g/mol. The van der Waals surface area contributed by atoms with Gasteiger partial charge in [-0.15, -0.1) is 0 Å². The third kappa shape index (κ3) is 5.59. The number of amides is 2. The van der Waals surface area contributed by atoms with E-state index in [1.807, 2.05) is 25.1 Å². The van der Waals surface area contributed by atoms with Crippen LogP contribution in [0.2, 0.25) is 0 Å². The predicted molar refractivity (Wildman–Crippen MR) is 145 cm³/mol. The van der Waals surface area contributed by atoms with Crippen LogP contribution in [-0.2, 0) is 29.1 Å². The molecule has 2 amide bonds. The largest absolute Gasteiger partial charge is 0.497 e. The van der Waals surface area contributed by atoms with Gasteiger partial charge in [0.15, 0.2) is 6.10 Å². The molecule has 0 radical (unpaired) electrons. The highest BCUT2D eigenvalue weighted by Crippen LogP contribution is 2.38. The molecule has 1 atom stereocenters. The van der Waals surface area contributed by atoms with Crippen molar-refractivity contribution >= 4 is 22.9 Å². The Morgan fingerprint density at radius 1 is 1.15 bits per heavy atom. The molecule has 3 heterocycles. The smallest absolute Gasteiger partial charge is 0.407 e. The summed E-state index contributed by atoms with van der Waals surface area (Å²) < 4.78 is 12.0. The number of aryl methyl sites for hydroxylation is 1. The molecule has 4 rings (SSSR count). The lowest BCUT2D eigenvalue weighted by atomic mass is 9.97. The Labute approximate surface area is 225 Å². The van der Waals surface area contributed by atoms with Crippen LogP contribution in [0.25, 0.3) is 22.3 Å². The Kier molecular flexibility index (Phi) is 7.94. The highest BCUT2D eigenvalue weighted by atomic mass is 16.6. The van der Waals surface area contributed by atoms with E-state index in [0.29, 0.717) is 23.6 Å². The zero-order valence-corrected chi connectivity index (χ0v) is 22.8. The monoisotopic (exact) mass is 538 g/mol. The van der Waals surface area contributed by atoms with Gasteiger partial charge in [0.1, 0.15) is 11.4 Å². The Morgan fingerprint density at radius 3 is 2.51 bits per heavy atom. The standard InChI is InChI=1S/C28H34N4O7/c1-6-16-17-11-15(38-5)7-8-21(17)31-23-19(16)13-32-22(23)12-18(20(14-33)26(32)36)24(34)25(35)29-9-10-30-27(37)39-28(2,3)4/h7-8,11-12,24,33-34H,6,9-10,13-14H2,1-5H3,(H,29,35)(H,30,37). The topological polar surface area (TPSA) is 152 Å². The molecule has 0 spiro atoms. The first-order chi connectivity index (χ1) is 18.5. The maximum Gasteiger partial charge on any atom is 0.407 e. The summed E-state index contributed by atoms with van der Waals surface area (Å²) in [6, 6.07) is 7.13. The SMILES string of the molecule is CCc1c2c(nc3ccc(OC)cc13)-c1cc(C(O)C(=O)NCCNC(=O)OC(C)(C)C)c(CO)c(=O)n1C2. The maximum absolute atomic E-state index is 13.4. The molecule has 2 aromatic heterocycles. The van der Waals surface area contributed by atoms with Gasteiger partial charge in [-0.1, -0.05) is 6.92 Å². The van der Waals surface area contributed by atoms with Gasteiger partial charge in [0.25, 0.3) is 11.5 Å². The minimum absolute atomic E-state index is 0.00822. The molecule has 3 aromatic rings. The lowest BCUT2D eigenvalue weighted by Crippen LogP contribution is -2.39. The summed E-state index contributed by atoms with van der Waals surface area (Å²) in [6.45, 7) is 6.94. The molecule has 11 heteroatoms. The van der Waals surface area contributed by atoms with E-state index in [0.717, 1.165) is 22.0 Å². The number of hydrogen-bond donors (Lipinski definition) is 4. The molecule has 1 aliphatic rings. The Hall–Kier alpha value is -3.96. The Balaban J connectivity index is 1.62. The van der Waals surface area contributed by atoms with Crippen molar-refractivity contribution in [3.05, 3.63) is 56.9 Å². The summed E-state index contributed by atoms with van der Waals surface area (Å²) in [4.78, 5) is 42.7. The van der Waals surface area contributed by atoms with Crippen molar-refractivity contribution in [1.82, 2.24) is 20.2 Å². The first-order valence-corrected chi connectivity index (χ1v) is 12.8. The van der Waals surface area contributed by atoms with Gasteiger partial charge in [0, 0.05) is 35.2 Å². The molecule has 0 saturated carbocycles. The molecule has 39 heavy (non-hydrogen) atoms. The van der Waals surface area contributed by atoms with Crippen LogP contribution in [-0.4, -0.2) is 57.6 Å². The van der Waals surface area contributed by atoms with Crippen molar-refractivity contribution in [2.24, 2.45) is 0 Å². The number of carbonyl (C=O) groups excluding carboxylic acids is 2. The molecule has 208 valence electrons. The van der Waals surface area contributed by atoms with Gasteiger partial charge in [0.2, 0.25) is 0 Å². The van der Waals surface area contributed by atoms with E-state index in [1.165, 1.54) is 4.57 Å². The second-order valence-corrected chi connectivity index (χ2v) is 10.3. The number of methoxy groups -OCH3 is 1. The number of nitrogens with one attached hydrogen (secondary N) is 2. The first-order valence-electron chi connectivity index (χ1n) is 12.8. The number of fused-ring (bicyclic) bond motifs is 4. The van der Waals surface area contributed by atoms with E-state index in [1.54, 1.807) is 33.9 Å². The van der Waals surface area contributed by atoms with Gasteiger partial charge in [-0.3, -0.25) is 9.59 Å². The number of rotatable bonds is 8. The summed E-state index contributed by atoms with van der Waals surface area (Å²) in [5, 5.41) is 26.9. The molecule has 1 aliphatic heterocycles. The number of ether oxygens (including phenoxy) is 2. The van der Waals surface area contributed by atoms with E-state index in [-0.39, 0.29) is 30.8 Å². The average molecular weight is 539 g/mol. The van der Waals surface area contributed by atoms with Crippen molar-refractivity contribution in [1.29, 1.82) is 0 Å². The lowest BCUT2D eigenvalue weighted by Gasteiger charge is -2.20. The third-order valence-electron chi connectivity index (χ3n) is 6.55. The molecular formula is C28H34N4O7. The minimum Gasteiger partial charge on any atom is -0.497 e. The van der Waals surface area contributed by atoms with Crippen molar-refractivity contribution in [2.75, 3.05) is 20.2 Å². The number of aliphatic hydroxyl groups is 2. The van der Waals surface area contributed by atoms with Gasteiger partial charge in [-0.05, 0) is 57.0 Å². The van der Waals surface area contributed by atoms with Crippen LogP contribution in [0, 0.1) is 0 Å². The molecule has 0 fully saturated rings. The molecule has 0 aliphatic carbocycles. The molecule has 0 bridgehead atoms. The number of aliphatic hydroxyl groups excluding tert-OH is 2. The van der Waals surface area contributed by atoms with Gasteiger partial charge in [0.05, 0.1) is 37.2 Å². The van der Waals surface area contributed by atoms with Gasteiger partial charge in [-0.2, -0.15) is 0 Å². The van der Waals surface area contributed by atoms with Crippen molar-refractivity contribution in [2.45, 2.75) is 59.0 Å². The number of benzene rings is 1. The van der Waals surface area contributed by atoms with E-state index in [9.17, 15) is 24.6 Å². The summed E-state index contributed by atoms with van der Waals surface area (Å²) in [5.74, 6) is -0.0713. The molecule has 0 saturated heterocycles. The summed E-state index contributed by atoms with van der Waals surface area (Å²) in [6.07, 6.45) is -1.65. The number of nitrogens with zero attached hydrogens (tertiary/aromatic N) is 2. The second-order valence-electron chi connectivity index (χ2n) is 10.3. The predicted octanol–water partition coefficient (Wildman–Crippen LogP) is 2.16. The number of aromatic nitrogens is 2. The minimum atomic E-state index is -1.72. The average Bonchev–Trinajstić information content (AvgIpc) is 3.26. The molecule has 4 N–H and O–H groups in total. The zero-order valence-electron chi connectivity index (χ0n) is 22.8. The summed E-state index contributed by atoms with van der Waals surface area (Å²) >= 11 is 0. The van der Waals surface area contributed by atoms with Crippen molar-refractivity contribution in [3.8, 4) is 17.1 Å². The van der Waals surface area contributed by atoms with Crippen LogP contribution < -0.4 is 20.9 Å². The molecule has 11 nitrogen and oxygen atoms in total. The van der Waals surface area contributed by atoms with Crippen LogP contribution in [0.3, 0.4) is 0 Å². The molecule has 1 unspecified atom stereocenters. The van der Waals surface area contributed by atoms with E-state index >= 15 is 0 Å². The number of hydrogen-bond acceptors (Lipinski definition) is 8. The van der Waals surface area contributed by atoms with Crippen LogP contribution in [0.5, 0.6) is 5.75 Å². The van der Waals surface area contributed by atoms with Gasteiger partial charge in [-0.25, -0.2) is 9.78 Å². The van der Waals surface area contributed by atoms with Crippen LogP contribution >= 0.6 is 0 Å². The quantitative estimate of drug-likeness (QED) is 0.249. The normalized spacial score (nSPS) is 13.0. The van der Waals surface area contributed by atoms with Crippen LogP contribution in [0.4, 0.5) is 4.79 Å². The number of alkyl carbamates (subject to hydrolysis) is 1. The first kappa shape index (κ1) is 28.1. The van der Waals surface area contributed by atoms with Crippen LogP contribution in [0.15, 0.2) is 29.1 Å². The Bertz CT molecular complexity index is 1490. The van der Waals surface area contributed by atoms with Crippen molar-refractivity contribution < 1.29 is 29.3 Å². The highest BCUT2D eigenvalue weighted by molar-refractivity contribution is 5.89. The fourth-order valence-corrected chi connectivity index (χ4v) is 4.79. The fraction of sp³-hybridized carbons (Fsp3) is 0.429. The van der Waals surface area contributed by atoms with Gasteiger partial charge >= 0.3 is 6.09 Å². The summed E-state index contributed by atoms with van der Waals surface area (Å²) in [5.41, 5.74) is 2.49.